The summed E-state index contributed by atoms with van der Waals surface area (Å²) < 4.78 is 0. The third kappa shape index (κ3) is 4.35. The predicted molar refractivity (Wildman–Crippen MR) is 69.5 cm³/mol. The number of hydrogen-bond acceptors (Lipinski definition) is 2. The topological polar surface area (TPSA) is 12.0 Å². The maximum atomic E-state index is 3.71. The van der Waals surface area contributed by atoms with Gasteiger partial charge < -0.3 is 5.32 Å². The molecule has 86 valence electrons. The highest BCUT2D eigenvalue weighted by atomic mass is 32.1. The van der Waals surface area contributed by atoms with Crippen molar-refractivity contribution in [1.82, 2.24) is 5.32 Å². The van der Waals surface area contributed by atoms with Crippen LogP contribution in [0.5, 0.6) is 0 Å². The summed E-state index contributed by atoms with van der Waals surface area (Å²) in [6, 6.07) is 5.60. The molecule has 15 heavy (non-hydrogen) atoms. The number of hydrogen-bond donors (Lipinski definition) is 1. The first-order chi connectivity index (χ1) is 7.13. The molecular weight excluding hydrogens is 202 g/mol. The largest absolute Gasteiger partial charge is 0.311 e. The lowest BCUT2D eigenvalue weighted by Gasteiger charge is -2.24. The van der Waals surface area contributed by atoms with Gasteiger partial charge in [-0.25, -0.2) is 0 Å². The zero-order valence-corrected chi connectivity index (χ0v) is 11.1. The smallest absolute Gasteiger partial charge is 0.0115 e. The second-order valence-electron chi connectivity index (χ2n) is 4.59. The molecule has 0 aliphatic rings. The van der Waals surface area contributed by atoms with Crippen LogP contribution >= 0.6 is 11.3 Å². The van der Waals surface area contributed by atoms with E-state index in [1.54, 1.807) is 0 Å². The van der Waals surface area contributed by atoms with E-state index >= 15 is 0 Å². The molecule has 1 aromatic rings. The maximum absolute atomic E-state index is 3.71. The molecule has 0 fully saturated rings. The standard InChI is InChI=1S/C13H23NS/c1-5-12(14-11(4)10(2)3)9-13-7-6-8-15-13/h6-8,10-12,14H,5,9H2,1-4H3. The van der Waals surface area contributed by atoms with Crippen molar-refractivity contribution in [1.29, 1.82) is 0 Å². The van der Waals surface area contributed by atoms with Gasteiger partial charge in [-0.1, -0.05) is 26.8 Å². The average molecular weight is 225 g/mol. The SMILES string of the molecule is CCC(Cc1cccs1)NC(C)C(C)C. The number of thiophene rings is 1. The number of nitrogens with one attached hydrogen (secondary N) is 1. The Morgan fingerprint density at radius 2 is 2.07 bits per heavy atom. The number of rotatable bonds is 6. The van der Waals surface area contributed by atoms with Crippen molar-refractivity contribution in [2.24, 2.45) is 5.92 Å². The van der Waals surface area contributed by atoms with Crippen molar-refractivity contribution in [2.45, 2.75) is 52.6 Å². The molecule has 0 spiro atoms. The highest BCUT2D eigenvalue weighted by molar-refractivity contribution is 7.09. The molecule has 0 aliphatic heterocycles. The summed E-state index contributed by atoms with van der Waals surface area (Å²) >= 11 is 1.86. The summed E-state index contributed by atoms with van der Waals surface area (Å²) in [5.41, 5.74) is 0. The first-order valence-corrected chi connectivity index (χ1v) is 6.79. The van der Waals surface area contributed by atoms with Crippen LogP contribution < -0.4 is 5.32 Å². The van der Waals surface area contributed by atoms with Crippen molar-refractivity contribution in [2.75, 3.05) is 0 Å². The predicted octanol–water partition coefficient (Wildman–Crippen LogP) is 3.70. The van der Waals surface area contributed by atoms with Gasteiger partial charge in [-0.2, -0.15) is 0 Å². The zero-order valence-electron chi connectivity index (χ0n) is 10.3. The molecule has 0 bridgehead atoms. The molecule has 1 N–H and O–H groups in total. The van der Waals surface area contributed by atoms with Gasteiger partial charge in [-0.3, -0.25) is 0 Å². The van der Waals surface area contributed by atoms with Crippen LogP contribution in [0.25, 0.3) is 0 Å². The van der Waals surface area contributed by atoms with Gasteiger partial charge in [-0.05, 0) is 37.1 Å². The molecule has 2 heteroatoms. The van der Waals surface area contributed by atoms with Gasteiger partial charge >= 0.3 is 0 Å². The van der Waals surface area contributed by atoms with E-state index in [0.29, 0.717) is 18.0 Å². The van der Waals surface area contributed by atoms with E-state index in [0.717, 1.165) is 0 Å². The van der Waals surface area contributed by atoms with Crippen molar-refractivity contribution in [3.05, 3.63) is 22.4 Å². The van der Waals surface area contributed by atoms with E-state index in [4.69, 9.17) is 0 Å². The minimum atomic E-state index is 0.606. The molecule has 2 unspecified atom stereocenters. The Balaban J connectivity index is 2.42. The summed E-state index contributed by atoms with van der Waals surface area (Å²) in [7, 11) is 0. The van der Waals surface area contributed by atoms with Crippen molar-refractivity contribution >= 4 is 11.3 Å². The molecule has 0 aliphatic carbocycles. The van der Waals surface area contributed by atoms with Crippen LogP contribution in [0.15, 0.2) is 17.5 Å². The molecule has 1 nitrogen and oxygen atoms in total. The second kappa shape index (κ2) is 6.29. The third-order valence-electron chi connectivity index (χ3n) is 3.02. The molecule has 0 saturated carbocycles. The average Bonchev–Trinajstić information content (AvgIpc) is 2.69. The van der Waals surface area contributed by atoms with Crippen LogP contribution in [0.3, 0.4) is 0 Å². The normalized spacial score (nSPS) is 15.5. The fraction of sp³-hybridized carbons (Fsp3) is 0.692. The van der Waals surface area contributed by atoms with E-state index in [-0.39, 0.29) is 0 Å². The maximum Gasteiger partial charge on any atom is 0.0115 e. The van der Waals surface area contributed by atoms with E-state index in [9.17, 15) is 0 Å². The van der Waals surface area contributed by atoms with Crippen LogP contribution in [0, 0.1) is 5.92 Å². The Kier molecular flexibility index (Phi) is 5.34. The van der Waals surface area contributed by atoms with Crippen LogP contribution in [-0.2, 0) is 6.42 Å². The molecular formula is C13H23NS. The minimum absolute atomic E-state index is 0.606. The molecule has 0 aromatic carbocycles. The first-order valence-electron chi connectivity index (χ1n) is 5.92. The van der Waals surface area contributed by atoms with Gasteiger partial charge in [0.15, 0.2) is 0 Å². The Labute approximate surface area is 97.9 Å². The highest BCUT2D eigenvalue weighted by Gasteiger charge is 2.13. The molecule has 0 amide bonds. The monoisotopic (exact) mass is 225 g/mol. The summed E-state index contributed by atoms with van der Waals surface area (Å²) in [6.07, 6.45) is 2.38. The van der Waals surface area contributed by atoms with Crippen LogP contribution in [0.1, 0.15) is 39.0 Å². The van der Waals surface area contributed by atoms with Gasteiger partial charge in [0.2, 0.25) is 0 Å². The Bertz CT molecular complexity index is 254. The third-order valence-corrected chi connectivity index (χ3v) is 3.92. The Morgan fingerprint density at radius 1 is 1.33 bits per heavy atom. The molecule has 0 radical (unpaired) electrons. The van der Waals surface area contributed by atoms with Crippen molar-refractivity contribution in [3.8, 4) is 0 Å². The quantitative estimate of drug-likeness (QED) is 0.778. The second-order valence-corrected chi connectivity index (χ2v) is 5.62. The molecule has 1 heterocycles. The summed E-state index contributed by atoms with van der Waals surface area (Å²) in [5, 5.41) is 5.87. The lowest BCUT2D eigenvalue weighted by Crippen LogP contribution is -2.40. The fourth-order valence-electron chi connectivity index (χ4n) is 1.56. The van der Waals surface area contributed by atoms with Gasteiger partial charge in [-0.15, -0.1) is 11.3 Å². The minimum Gasteiger partial charge on any atom is -0.311 e. The fourth-order valence-corrected chi connectivity index (χ4v) is 2.34. The van der Waals surface area contributed by atoms with Crippen LogP contribution in [-0.4, -0.2) is 12.1 Å². The lowest BCUT2D eigenvalue weighted by molar-refractivity contribution is 0.364. The summed E-state index contributed by atoms with van der Waals surface area (Å²) in [5.74, 6) is 0.711. The van der Waals surface area contributed by atoms with Crippen molar-refractivity contribution in [3.63, 3.8) is 0 Å². The molecule has 1 aromatic heterocycles. The van der Waals surface area contributed by atoms with Gasteiger partial charge in [0, 0.05) is 17.0 Å². The first kappa shape index (κ1) is 12.7. The van der Waals surface area contributed by atoms with Crippen molar-refractivity contribution < 1.29 is 0 Å². The van der Waals surface area contributed by atoms with E-state index < -0.39 is 0 Å². The van der Waals surface area contributed by atoms with Gasteiger partial charge in [0.05, 0.1) is 0 Å². The van der Waals surface area contributed by atoms with E-state index in [2.05, 4.69) is 50.5 Å². The van der Waals surface area contributed by atoms with Gasteiger partial charge in [0.1, 0.15) is 0 Å². The Hall–Kier alpha value is -0.340. The zero-order chi connectivity index (χ0) is 11.3. The Morgan fingerprint density at radius 3 is 2.53 bits per heavy atom. The highest BCUT2D eigenvalue weighted by Crippen LogP contribution is 2.13. The molecule has 0 saturated heterocycles. The van der Waals surface area contributed by atoms with E-state index in [1.807, 2.05) is 11.3 Å². The lowest BCUT2D eigenvalue weighted by atomic mass is 10.0. The molecule has 2 atom stereocenters. The van der Waals surface area contributed by atoms with Crippen LogP contribution in [0.4, 0.5) is 0 Å². The van der Waals surface area contributed by atoms with E-state index in [1.165, 1.54) is 17.7 Å². The molecule has 1 rings (SSSR count). The van der Waals surface area contributed by atoms with Gasteiger partial charge in [0.25, 0.3) is 0 Å². The summed E-state index contributed by atoms with van der Waals surface area (Å²) in [6.45, 7) is 9.09. The van der Waals surface area contributed by atoms with Crippen LogP contribution in [0.2, 0.25) is 0 Å². The summed E-state index contributed by atoms with van der Waals surface area (Å²) in [4.78, 5) is 1.49.